The quantitative estimate of drug-likeness (QED) is 0.851. The van der Waals surface area contributed by atoms with Gasteiger partial charge in [0.25, 0.3) is 0 Å². The third-order valence-electron chi connectivity index (χ3n) is 4.17. The van der Waals surface area contributed by atoms with Crippen molar-refractivity contribution in [2.24, 2.45) is 0 Å². The van der Waals surface area contributed by atoms with E-state index in [0.29, 0.717) is 0 Å². The molecule has 0 radical (unpaired) electrons. The average Bonchev–Trinajstić information content (AvgIpc) is 2.53. The molecule has 3 rings (SSSR count). The van der Waals surface area contributed by atoms with Gasteiger partial charge in [0.1, 0.15) is 0 Å². The summed E-state index contributed by atoms with van der Waals surface area (Å²) in [4.78, 5) is 5.20. The maximum Gasteiger partial charge on any atom is 0.0369 e. The molecule has 3 nitrogen and oxygen atoms in total. The van der Waals surface area contributed by atoms with E-state index in [-0.39, 0.29) is 0 Å². The van der Waals surface area contributed by atoms with Crippen molar-refractivity contribution in [2.45, 2.75) is 19.4 Å². The standard InChI is InChI=1S/C15H23N3/c1-13-4-2-5-14(10-13)17-6-3-7-18(9-8-17)15-11-16-12-15/h2,4-5,10,15-16H,3,6-9,11-12H2,1H3. The van der Waals surface area contributed by atoms with Crippen LogP contribution in [0.1, 0.15) is 12.0 Å². The van der Waals surface area contributed by atoms with Gasteiger partial charge in [-0.1, -0.05) is 12.1 Å². The number of rotatable bonds is 2. The van der Waals surface area contributed by atoms with Crippen molar-refractivity contribution in [3.8, 4) is 0 Å². The average molecular weight is 245 g/mol. The Bertz CT molecular complexity index is 400. The van der Waals surface area contributed by atoms with Gasteiger partial charge in [0.15, 0.2) is 0 Å². The van der Waals surface area contributed by atoms with Crippen molar-refractivity contribution in [3.05, 3.63) is 29.8 Å². The molecule has 2 aliphatic heterocycles. The molecule has 98 valence electrons. The topological polar surface area (TPSA) is 18.5 Å². The normalized spacial score (nSPS) is 22.6. The van der Waals surface area contributed by atoms with E-state index in [1.807, 2.05) is 0 Å². The lowest BCUT2D eigenvalue weighted by atomic mass is 10.1. The molecule has 1 aromatic rings. The largest absolute Gasteiger partial charge is 0.370 e. The van der Waals surface area contributed by atoms with Gasteiger partial charge in [-0.2, -0.15) is 0 Å². The smallest absolute Gasteiger partial charge is 0.0369 e. The Morgan fingerprint density at radius 3 is 2.72 bits per heavy atom. The highest BCUT2D eigenvalue weighted by atomic mass is 15.3. The van der Waals surface area contributed by atoms with Crippen molar-refractivity contribution in [3.63, 3.8) is 0 Å². The van der Waals surface area contributed by atoms with Crippen LogP contribution in [-0.2, 0) is 0 Å². The van der Waals surface area contributed by atoms with Crippen LogP contribution in [0.2, 0.25) is 0 Å². The summed E-state index contributed by atoms with van der Waals surface area (Å²) in [6.45, 7) is 9.37. The number of nitrogens with zero attached hydrogens (tertiary/aromatic N) is 2. The van der Waals surface area contributed by atoms with Crippen LogP contribution in [0, 0.1) is 6.92 Å². The van der Waals surface area contributed by atoms with Crippen molar-refractivity contribution < 1.29 is 0 Å². The number of benzene rings is 1. The molecule has 18 heavy (non-hydrogen) atoms. The van der Waals surface area contributed by atoms with Gasteiger partial charge in [-0.3, -0.25) is 4.90 Å². The van der Waals surface area contributed by atoms with Gasteiger partial charge in [0.2, 0.25) is 0 Å². The van der Waals surface area contributed by atoms with Crippen LogP contribution in [-0.4, -0.2) is 50.2 Å². The van der Waals surface area contributed by atoms with Gasteiger partial charge < -0.3 is 10.2 Å². The van der Waals surface area contributed by atoms with Gasteiger partial charge >= 0.3 is 0 Å². The van der Waals surface area contributed by atoms with Crippen LogP contribution >= 0.6 is 0 Å². The zero-order valence-electron chi connectivity index (χ0n) is 11.2. The van der Waals surface area contributed by atoms with Crippen LogP contribution in [0.4, 0.5) is 5.69 Å². The van der Waals surface area contributed by atoms with Gasteiger partial charge in [-0.05, 0) is 31.0 Å². The molecule has 2 aliphatic rings. The highest BCUT2D eigenvalue weighted by molar-refractivity contribution is 5.48. The van der Waals surface area contributed by atoms with E-state index >= 15 is 0 Å². The van der Waals surface area contributed by atoms with Crippen LogP contribution < -0.4 is 10.2 Å². The molecular formula is C15H23N3. The van der Waals surface area contributed by atoms with E-state index in [4.69, 9.17) is 0 Å². The minimum Gasteiger partial charge on any atom is -0.370 e. The van der Waals surface area contributed by atoms with Gasteiger partial charge in [0.05, 0.1) is 0 Å². The first-order valence-corrected chi connectivity index (χ1v) is 7.09. The second kappa shape index (κ2) is 5.29. The Morgan fingerprint density at radius 2 is 2.00 bits per heavy atom. The minimum absolute atomic E-state index is 0.794. The van der Waals surface area contributed by atoms with Crippen LogP contribution in [0.25, 0.3) is 0 Å². The summed E-state index contributed by atoms with van der Waals surface area (Å²) in [5.74, 6) is 0. The summed E-state index contributed by atoms with van der Waals surface area (Å²) in [6, 6.07) is 9.69. The zero-order chi connectivity index (χ0) is 12.4. The lowest BCUT2D eigenvalue weighted by Crippen LogP contribution is -2.57. The number of hydrogen-bond acceptors (Lipinski definition) is 3. The first kappa shape index (κ1) is 12.0. The third kappa shape index (κ3) is 2.52. The second-order valence-corrected chi connectivity index (χ2v) is 5.53. The van der Waals surface area contributed by atoms with Crippen molar-refractivity contribution in [1.82, 2.24) is 10.2 Å². The number of hydrogen-bond donors (Lipinski definition) is 1. The Kier molecular flexibility index (Phi) is 3.52. The first-order valence-electron chi connectivity index (χ1n) is 7.09. The molecular weight excluding hydrogens is 222 g/mol. The SMILES string of the molecule is Cc1cccc(N2CCCN(C3CNC3)CC2)c1. The molecule has 0 amide bonds. The summed E-state index contributed by atoms with van der Waals surface area (Å²) < 4.78 is 0. The van der Waals surface area contributed by atoms with Crippen LogP contribution in [0.3, 0.4) is 0 Å². The highest BCUT2D eigenvalue weighted by Crippen LogP contribution is 2.19. The van der Waals surface area contributed by atoms with Crippen LogP contribution in [0.15, 0.2) is 24.3 Å². The Labute approximate surface area is 110 Å². The molecule has 0 atom stereocenters. The van der Waals surface area contributed by atoms with E-state index in [9.17, 15) is 0 Å². The van der Waals surface area contributed by atoms with E-state index in [1.165, 1.54) is 56.9 Å². The molecule has 0 saturated carbocycles. The maximum atomic E-state index is 3.37. The first-order chi connectivity index (χ1) is 8.83. The lowest BCUT2D eigenvalue weighted by molar-refractivity contribution is 0.155. The Balaban J connectivity index is 1.64. The summed E-state index contributed by atoms with van der Waals surface area (Å²) >= 11 is 0. The summed E-state index contributed by atoms with van der Waals surface area (Å²) in [5, 5.41) is 3.37. The maximum absolute atomic E-state index is 3.37. The summed E-state index contributed by atoms with van der Waals surface area (Å²) in [5.41, 5.74) is 2.75. The molecule has 0 spiro atoms. The van der Waals surface area contributed by atoms with E-state index < -0.39 is 0 Å². The molecule has 3 heteroatoms. The fraction of sp³-hybridized carbons (Fsp3) is 0.600. The number of nitrogens with one attached hydrogen (secondary N) is 1. The molecule has 0 aliphatic carbocycles. The van der Waals surface area contributed by atoms with Gasteiger partial charge in [-0.25, -0.2) is 0 Å². The number of aryl methyl sites for hydroxylation is 1. The Hall–Kier alpha value is -1.06. The van der Waals surface area contributed by atoms with Crippen LogP contribution in [0.5, 0.6) is 0 Å². The number of anilines is 1. The summed E-state index contributed by atoms with van der Waals surface area (Å²) in [6.07, 6.45) is 1.28. The predicted octanol–water partition coefficient (Wildman–Crippen LogP) is 1.48. The van der Waals surface area contributed by atoms with E-state index in [0.717, 1.165) is 6.04 Å². The molecule has 1 N–H and O–H groups in total. The molecule has 1 aromatic carbocycles. The zero-order valence-corrected chi connectivity index (χ0v) is 11.2. The van der Waals surface area contributed by atoms with E-state index in [2.05, 4.69) is 46.3 Å². The lowest BCUT2D eigenvalue weighted by Gasteiger charge is -2.37. The van der Waals surface area contributed by atoms with Crippen molar-refractivity contribution >= 4 is 5.69 Å². The molecule has 2 fully saturated rings. The highest BCUT2D eigenvalue weighted by Gasteiger charge is 2.26. The summed E-state index contributed by atoms with van der Waals surface area (Å²) in [7, 11) is 0. The fourth-order valence-corrected chi connectivity index (χ4v) is 2.92. The van der Waals surface area contributed by atoms with Crippen molar-refractivity contribution in [1.29, 1.82) is 0 Å². The Morgan fingerprint density at radius 1 is 1.11 bits per heavy atom. The molecule has 0 aromatic heterocycles. The molecule has 0 unspecified atom stereocenters. The molecule has 2 heterocycles. The van der Waals surface area contributed by atoms with E-state index in [1.54, 1.807) is 0 Å². The fourth-order valence-electron chi connectivity index (χ4n) is 2.92. The predicted molar refractivity (Wildman–Crippen MR) is 76.2 cm³/mol. The van der Waals surface area contributed by atoms with Crippen molar-refractivity contribution in [2.75, 3.05) is 44.2 Å². The monoisotopic (exact) mass is 245 g/mol. The third-order valence-corrected chi connectivity index (χ3v) is 4.17. The second-order valence-electron chi connectivity index (χ2n) is 5.53. The molecule has 0 bridgehead atoms. The minimum atomic E-state index is 0.794. The van der Waals surface area contributed by atoms with Gasteiger partial charge in [-0.15, -0.1) is 0 Å². The molecule has 2 saturated heterocycles. The van der Waals surface area contributed by atoms with Gasteiger partial charge in [0, 0.05) is 51.0 Å².